The van der Waals surface area contributed by atoms with Crippen LogP contribution in [0.25, 0.3) is 0 Å². The van der Waals surface area contributed by atoms with Gasteiger partial charge in [0, 0.05) is 20.1 Å². The molecule has 2 amide bonds. The smallest absolute Gasteiger partial charge is 0.406 e. The van der Waals surface area contributed by atoms with Crippen molar-refractivity contribution in [2.75, 3.05) is 26.7 Å². The number of halogens is 3. The lowest BCUT2D eigenvalue weighted by molar-refractivity contribution is -0.227. The molecule has 0 spiro atoms. The van der Waals surface area contributed by atoms with Gasteiger partial charge in [-0.05, 0) is 17.9 Å². The number of likely N-dealkylation sites (tertiary alicyclic amines) is 1. The first-order chi connectivity index (χ1) is 11.1. The monoisotopic (exact) mass is 364 g/mol. The number of carboxylic acids is 1. The quantitative estimate of drug-likeness (QED) is 0.882. The van der Waals surface area contributed by atoms with Crippen molar-refractivity contribution in [3.8, 4) is 0 Å². The standard InChI is InChI=1S/C14H15F3N2O4S/c1-18(11(21)9-3-2-6-24-9)7-10(20)19-5-4-13(8-19,12(22)23)14(15,16)17/h2-3,6H,4-5,7-8H2,1H3,(H,22,23). The summed E-state index contributed by atoms with van der Waals surface area (Å²) in [7, 11) is 1.37. The fourth-order valence-corrected chi connectivity index (χ4v) is 3.23. The number of rotatable bonds is 4. The third-order valence-corrected chi connectivity index (χ3v) is 4.88. The van der Waals surface area contributed by atoms with Crippen LogP contribution in [0.2, 0.25) is 0 Å². The number of aliphatic carboxylic acids is 1. The average molecular weight is 364 g/mol. The molecule has 6 nitrogen and oxygen atoms in total. The van der Waals surface area contributed by atoms with E-state index >= 15 is 0 Å². The van der Waals surface area contributed by atoms with E-state index in [2.05, 4.69) is 0 Å². The molecular weight excluding hydrogens is 349 g/mol. The molecule has 0 aliphatic carbocycles. The summed E-state index contributed by atoms with van der Waals surface area (Å²) in [5.41, 5.74) is -2.95. The molecule has 0 radical (unpaired) electrons. The predicted octanol–water partition coefficient (Wildman–Crippen LogP) is 1.69. The van der Waals surface area contributed by atoms with Crippen LogP contribution in [-0.2, 0) is 9.59 Å². The van der Waals surface area contributed by atoms with E-state index in [1.54, 1.807) is 17.5 Å². The zero-order chi connectivity index (χ0) is 18.1. The molecule has 1 aromatic heterocycles. The van der Waals surface area contributed by atoms with Crippen molar-refractivity contribution in [3.63, 3.8) is 0 Å². The van der Waals surface area contributed by atoms with Crippen LogP contribution in [0.15, 0.2) is 17.5 Å². The van der Waals surface area contributed by atoms with Gasteiger partial charge >= 0.3 is 12.1 Å². The van der Waals surface area contributed by atoms with Gasteiger partial charge < -0.3 is 14.9 Å². The minimum absolute atomic E-state index is 0.314. The molecule has 24 heavy (non-hydrogen) atoms. The molecule has 1 aromatic rings. The molecule has 0 aromatic carbocycles. The molecule has 2 heterocycles. The first-order valence-corrected chi connectivity index (χ1v) is 7.83. The minimum Gasteiger partial charge on any atom is -0.481 e. The van der Waals surface area contributed by atoms with E-state index in [-0.39, 0.29) is 6.54 Å². The van der Waals surface area contributed by atoms with Crippen LogP contribution in [-0.4, -0.2) is 65.5 Å². The Balaban J connectivity index is 2.04. The van der Waals surface area contributed by atoms with Gasteiger partial charge in [0.05, 0.1) is 11.4 Å². The van der Waals surface area contributed by atoms with Crippen LogP contribution in [0.3, 0.4) is 0 Å². The van der Waals surface area contributed by atoms with E-state index in [0.717, 1.165) is 9.80 Å². The summed E-state index contributed by atoms with van der Waals surface area (Å²) in [6.45, 7) is -1.67. The van der Waals surface area contributed by atoms with Crippen molar-refractivity contribution in [2.45, 2.75) is 12.6 Å². The highest BCUT2D eigenvalue weighted by Crippen LogP contribution is 2.45. The zero-order valence-electron chi connectivity index (χ0n) is 12.7. The summed E-state index contributed by atoms with van der Waals surface area (Å²) in [5, 5.41) is 10.7. The van der Waals surface area contributed by atoms with Gasteiger partial charge in [0.1, 0.15) is 0 Å². The number of amides is 2. The summed E-state index contributed by atoms with van der Waals surface area (Å²) in [6.07, 6.45) is -5.65. The third-order valence-electron chi connectivity index (χ3n) is 4.03. The maximum absolute atomic E-state index is 13.1. The van der Waals surface area contributed by atoms with Gasteiger partial charge in [-0.2, -0.15) is 13.2 Å². The van der Waals surface area contributed by atoms with Gasteiger partial charge in [-0.25, -0.2) is 0 Å². The topological polar surface area (TPSA) is 77.9 Å². The van der Waals surface area contributed by atoms with Crippen LogP contribution in [0.5, 0.6) is 0 Å². The van der Waals surface area contributed by atoms with Gasteiger partial charge in [-0.3, -0.25) is 14.4 Å². The Kier molecular flexibility index (Phi) is 4.88. The van der Waals surface area contributed by atoms with Crippen LogP contribution in [0.1, 0.15) is 16.1 Å². The van der Waals surface area contributed by atoms with Crippen molar-refractivity contribution < 1.29 is 32.7 Å². The molecular formula is C14H15F3N2O4S. The van der Waals surface area contributed by atoms with E-state index < -0.39 is 48.9 Å². The number of hydrogen-bond acceptors (Lipinski definition) is 4. The SMILES string of the molecule is CN(CC(=O)N1CCC(C(=O)O)(C(F)(F)F)C1)C(=O)c1cccs1. The summed E-state index contributed by atoms with van der Waals surface area (Å²) >= 11 is 1.18. The van der Waals surface area contributed by atoms with Gasteiger partial charge in [0.25, 0.3) is 5.91 Å². The van der Waals surface area contributed by atoms with Gasteiger partial charge in [0.2, 0.25) is 5.91 Å². The number of carbonyl (C=O) groups excluding carboxylic acids is 2. The van der Waals surface area contributed by atoms with Crippen LogP contribution >= 0.6 is 11.3 Å². The van der Waals surface area contributed by atoms with Crippen LogP contribution < -0.4 is 0 Å². The molecule has 10 heteroatoms. The van der Waals surface area contributed by atoms with Crippen molar-refractivity contribution >= 4 is 29.1 Å². The number of carbonyl (C=O) groups is 3. The molecule has 1 N–H and O–H groups in total. The Bertz CT molecular complexity index is 647. The fraction of sp³-hybridized carbons (Fsp3) is 0.500. The lowest BCUT2D eigenvalue weighted by Gasteiger charge is -2.27. The largest absolute Gasteiger partial charge is 0.481 e. The zero-order valence-corrected chi connectivity index (χ0v) is 13.5. The Morgan fingerprint density at radius 2 is 2.08 bits per heavy atom. The molecule has 0 saturated carbocycles. The summed E-state index contributed by atoms with van der Waals surface area (Å²) in [6, 6.07) is 3.24. The first kappa shape index (κ1) is 18.2. The number of thiophene rings is 1. The average Bonchev–Trinajstić information content (AvgIpc) is 3.15. The van der Waals surface area contributed by atoms with Crippen molar-refractivity contribution in [1.29, 1.82) is 0 Å². The third kappa shape index (κ3) is 3.23. The lowest BCUT2D eigenvalue weighted by atomic mass is 9.86. The number of hydrogen-bond donors (Lipinski definition) is 1. The Morgan fingerprint density at radius 3 is 2.54 bits per heavy atom. The van der Waals surface area contributed by atoms with E-state index in [1.807, 2.05) is 0 Å². The number of nitrogens with zero attached hydrogens (tertiary/aromatic N) is 2. The van der Waals surface area contributed by atoms with E-state index in [1.165, 1.54) is 18.4 Å². The molecule has 0 bridgehead atoms. The summed E-state index contributed by atoms with van der Waals surface area (Å²) in [5.74, 6) is -3.12. The highest BCUT2D eigenvalue weighted by molar-refractivity contribution is 7.12. The van der Waals surface area contributed by atoms with Crippen molar-refractivity contribution in [3.05, 3.63) is 22.4 Å². The number of carboxylic acid groups (broad SMARTS) is 1. The lowest BCUT2D eigenvalue weighted by Crippen LogP contribution is -2.48. The first-order valence-electron chi connectivity index (χ1n) is 6.95. The highest BCUT2D eigenvalue weighted by atomic mass is 32.1. The molecule has 1 saturated heterocycles. The van der Waals surface area contributed by atoms with Crippen LogP contribution in [0.4, 0.5) is 13.2 Å². The Morgan fingerprint density at radius 1 is 1.42 bits per heavy atom. The Hall–Kier alpha value is -2.10. The van der Waals surface area contributed by atoms with E-state index in [4.69, 9.17) is 5.11 Å². The van der Waals surface area contributed by atoms with Crippen molar-refractivity contribution in [2.24, 2.45) is 5.41 Å². The fourth-order valence-electron chi connectivity index (χ4n) is 2.51. The van der Waals surface area contributed by atoms with Crippen molar-refractivity contribution in [1.82, 2.24) is 9.80 Å². The number of alkyl halides is 3. The maximum atomic E-state index is 13.1. The number of likely N-dealkylation sites (N-methyl/N-ethyl adjacent to an activating group) is 1. The molecule has 1 aliphatic rings. The molecule has 1 unspecified atom stereocenters. The molecule has 1 atom stereocenters. The summed E-state index contributed by atoms with van der Waals surface area (Å²) < 4.78 is 39.3. The van der Waals surface area contributed by atoms with Gasteiger partial charge in [-0.15, -0.1) is 11.3 Å². The molecule has 1 fully saturated rings. The second kappa shape index (κ2) is 6.42. The second-order valence-corrected chi connectivity index (χ2v) is 6.54. The highest BCUT2D eigenvalue weighted by Gasteiger charge is 2.64. The molecule has 132 valence electrons. The van der Waals surface area contributed by atoms with E-state index in [0.29, 0.717) is 4.88 Å². The van der Waals surface area contributed by atoms with Gasteiger partial charge in [0.15, 0.2) is 5.41 Å². The predicted molar refractivity (Wildman–Crippen MR) is 78.6 cm³/mol. The van der Waals surface area contributed by atoms with Gasteiger partial charge in [-0.1, -0.05) is 6.07 Å². The molecule has 2 rings (SSSR count). The Labute approximate surface area is 139 Å². The second-order valence-electron chi connectivity index (χ2n) is 5.59. The van der Waals surface area contributed by atoms with Crippen LogP contribution in [0, 0.1) is 5.41 Å². The molecule has 1 aliphatic heterocycles. The normalized spacial score (nSPS) is 20.9. The minimum atomic E-state index is -4.95. The van der Waals surface area contributed by atoms with E-state index in [9.17, 15) is 27.6 Å². The maximum Gasteiger partial charge on any atom is 0.406 e. The summed E-state index contributed by atoms with van der Waals surface area (Å²) in [4.78, 5) is 37.6.